The summed E-state index contributed by atoms with van der Waals surface area (Å²) >= 11 is 5.30. The molecule has 140 valence electrons. The number of hydrogen-bond donors (Lipinski definition) is 3. The second-order valence-electron chi connectivity index (χ2n) is 6.00. The molecule has 7 heteroatoms. The number of rotatable bonds is 5. The third-order valence-electron chi connectivity index (χ3n) is 4.29. The van der Waals surface area contributed by atoms with Gasteiger partial charge in [-0.2, -0.15) is 0 Å². The zero-order valence-corrected chi connectivity index (χ0v) is 16.1. The normalized spacial score (nSPS) is 16.3. The number of para-hydroxylation sites is 1. The summed E-state index contributed by atoms with van der Waals surface area (Å²) < 4.78 is 10.7. The summed E-state index contributed by atoms with van der Waals surface area (Å²) in [7, 11) is 3.19. The van der Waals surface area contributed by atoms with Crippen LogP contribution in [0, 0.1) is 0 Å². The Kier molecular flexibility index (Phi) is 5.61. The molecule has 1 heterocycles. The number of carbonyl (C=O) groups is 1. The van der Waals surface area contributed by atoms with Crippen molar-refractivity contribution in [2.45, 2.75) is 13.0 Å². The Hall–Kier alpha value is -3.06. The molecular weight excluding hydrogens is 362 g/mol. The number of nitrogens with one attached hydrogen (secondary N) is 3. The number of ether oxygens (including phenoxy) is 2. The Labute approximate surface area is 163 Å². The fourth-order valence-corrected chi connectivity index (χ4v) is 3.30. The highest BCUT2D eigenvalue weighted by Gasteiger charge is 2.31. The van der Waals surface area contributed by atoms with Crippen LogP contribution in [0.3, 0.4) is 0 Å². The van der Waals surface area contributed by atoms with Gasteiger partial charge in [-0.3, -0.25) is 4.79 Å². The van der Waals surface area contributed by atoms with E-state index in [0.717, 1.165) is 5.56 Å². The minimum atomic E-state index is -0.430. The highest BCUT2D eigenvalue weighted by molar-refractivity contribution is 7.80. The minimum Gasteiger partial charge on any atom is -0.497 e. The molecular formula is C20H21N3O3S. The van der Waals surface area contributed by atoms with Crippen LogP contribution < -0.4 is 25.4 Å². The fraction of sp³-hybridized carbons (Fsp3) is 0.200. The molecule has 1 aliphatic rings. The van der Waals surface area contributed by atoms with Crippen molar-refractivity contribution >= 4 is 28.9 Å². The van der Waals surface area contributed by atoms with Gasteiger partial charge in [-0.05, 0) is 37.3 Å². The van der Waals surface area contributed by atoms with Gasteiger partial charge in [0.15, 0.2) is 5.11 Å². The van der Waals surface area contributed by atoms with E-state index in [-0.39, 0.29) is 5.91 Å². The van der Waals surface area contributed by atoms with Crippen molar-refractivity contribution in [1.29, 1.82) is 0 Å². The molecule has 3 N–H and O–H groups in total. The minimum absolute atomic E-state index is 0.237. The molecule has 1 atom stereocenters. The van der Waals surface area contributed by atoms with E-state index in [1.807, 2.05) is 49.4 Å². The number of allylic oxidation sites excluding steroid dienone is 1. The molecule has 27 heavy (non-hydrogen) atoms. The third kappa shape index (κ3) is 4.03. The first kappa shape index (κ1) is 18.7. The first-order valence-electron chi connectivity index (χ1n) is 8.40. The van der Waals surface area contributed by atoms with Gasteiger partial charge in [0, 0.05) is 23.0 Å². The lowest BCUT2D eigenvalue weighted by atomic mass is 9.94. The summed E-state index contributed by atoms with van der Waals surface area (Å²) in [4.78, 5) is 13.1. The van der Waals surface area contributed by atoms with Gasteiger partial charge in [-0.25, -0.2) is 0 Å². The first-order chi connectivity index (χ1) is 13.0. The SMILES string of the molecule is COc1cccc(NC(=O)C2=C(C)NC(=S)N[C@@H]2c2ccccc2OC)c1. The molecule has 0 aliphatic carbocycles. The summed E-state index contributed by atoms with van der Waals surface area (Å²) in [6.45, 7) is 1.83. The molecule has 1 aliphatic heterocycles. The zero-order chi connectivity index (χ0) is 19.4. The molecule has 0 spiro atoms. The summed E-state index contributed by atoms with van der Waals surface area (Å²) in [5.41, 5.74) is 2.71. The van der Waals surface area contributed by atoms with E-state index in [0.29, 0.717) is 33.6 Å². The van der Waals surface area contributed by atoms with Gasteiger partial charge in [-0.1, -0.05) is 24.3 Å². The summed E-state index contributed by atoms with van der Waals surface area (Å²) in [5.74, 6) is 1.11. The van der Waals surface area contributed by atoms with E-state index in [9.17, 15) is 4.79 Å². The number of hydrogen-bond acceptors (Lipinski definition) is 4. The molecule has 0 fully saturated rings. The number of benzene rings is 2. The maximum absolute atomic E-state index is 13.1. The van der Waals surface area contributed by atoms with Crippen LogP contribution >= 0.6 is 12.2 Å². The fourth-order valence-electron chi connectivity index (χ4n) is 3.03. The van der Waals surface area contributed by atoms with E-state index in [4.69, 9.17) is 21.7 Å². The van der Waals surface area contributed by atoms with Gasteiger partial charge < -0.3 is 25.4 Å². The Morgan fingerprint density at radius 3 is 2.63 bits per heavy atom. The van der Waals surface area contributed by atoms with Gasteiger partial charge in [0.1, 0.15) is 11.5 Å². The lowest BCUT2D eigenvalue weighted by Gasteiger charge is -2.31. The van der Waals surface area contributed by atoms with Gasteiger partial charge in [0.05, 0.1) is 25.8 Å². The molecule has 2 aromatic rings. The van der Waals surface area contributed by atoms with Crippen LogP contribution in [0.25, 0.3) is 0 Å². The van der Waals surface area contributed by atoms with Crippen LogP contribution in [-0.4, -0.2) is 25.2 Å². The topological polar surface area (TPSA) is 71.6 Å². The Balaban J connectivity index is 1.97. The molecule has 6 nitrogen and oxygen atoms in total. The van der Waals surface area contributed by atoms with Crippen LogP contribution in [0.2, 0.25) is 0 Å². The second-order valence-corrected chi connectivity index (χ2v) is 6.41. The van der Waals surface area contributed by atoms with Crippen LogP contribution in [0.15, 0.2) is 59.8 Å². The highest BCUT2D eigenvalue weighted by atomic mass is 32.1. The highest BCUT2D eigenvalue weighted by Crippen LogP contribution is 2.33. The lowest BCUT2D eigenvalue weighted by molar-refractivity contribution is -0.113. The molecule has 2 aromatic carbocycles. The monoisotopic (exact) mass is 383 g/mol. The molecule has 0 saturated heterocycles. The Morgan fingerprint density at radius 2 is 1.89 bits per heavy atom. The second kappa shape index (κ2) is 8.09. The average molecular weight is 383 g/mol. The van der Waals surface area contributed by atoms with Gasteiger partial charge in [-0.15, -0.1) is 0 Å². The van der Waals surface area contributed by atoms with E-state index >= 15 is 0 Å². The molecule has 1 amide bonds. The third-order valence-corrected chi connectivity index (χ3v) is 4.51. The van der Waals surface area contributed by atoms with Crippen LogP contribution in [0.4, 0.5) is 5.69 Å². The van der Waals surface area contributed by atoms with Crippen molar-refractivity contribution < 1.29 is 14.3 Å². The number of methoxy groups -OCH3 is 2. The maximum atomic E-state index is 13.1. The van der Waals surface area contributed by atoms with Crippen LogP contribution in [0.1, 0.15) is 18.5 Å². The van der Waals surface area contributed by atoms with E-state index in [2.05, 4.69) is 16.0 Å². The van der Waals surface area contributed by atoms with Crippen LogP contribution in [0.5, 0.6) is 11.5 Å². The number of thiocarbonyl (C=S) groups is 1. The van der Waals surface area contributed by atoms with Crippen molar-refractivity contribution in [3.05, 3.63) is 65.4 Å². The molecule has 3 rings (SSSR count). The molecule has 0 saturated carbocycles. The lowest BCUT2D eigenvalue weighted by Crippen LogP contribution is -2.45. The first-order valence-corrected chi connectivity index (χ1v) is 8.81. The number of anilines is 1. The van der Waals surface area contributed by atoms with Crippen molar-refractivity contribution in [2.24, 2.45) is 0 Å². The largest absolute Gasteiger partial charge is 0.497 e. The molecule has 0 radical (unpaired) electrons. The van der Waals surface area contributed by atoms with Crippen molar-refractivity contribution in [3.8, 4) is 11.5 Å². The quantitative estimate of drug-likeness (QED) is 0.689. The van der Waals surface area contributed by atoms with Crippen molar-refractivity contribution in [1.82, 2.24) is 10.6 Å². The Bertz CT molecular complexity index is 911. The molecule has 0 unspecified atom stereocenters. The standard InChI is InChI=1S/C20H21N3O3S/c1-12-17(19(24)22-13-7-6-8-14(11-13)25-2)18(23-20(27)21-12)15-9-4-5-10-16(15)26-3/h4-11,18H,1-3H3,(H,22,24)(H2,21,23,27)/t18-/m1/s1. The predicted octanol–water partition coefficient (Wildman–Crippen LogP) is 3.14. The van der Waals surface area contributed by atoms with Crippen LogP contribution in [-0.2, 0) is 4.79 Å². The van der Waals surface area contributed by atoms with Gasteiger partial charge in [0.2, 0.25) is 0 Å². The Morgan fingerprint density at radius 1 is 1.11 bits per heavy atom. The van der Waals surface area contributed by atoms with Gasteiger partial charge >= 0.3 is 0 Å². The summed E-state index contributed by atoms with van der Waals surface area (Å²) in [6, 6.07) is 14.3. The maximum Gasteiger partial charge on any atom is 0.255 e. The summed E-state index contributed by atoms with van der Waals surface area (Å²) in [5, 5.41) is 9.59. The molecule has 0 aromatic heterocycles. The van der Waals surface area contributed by atoms with E-state index in [1.54, 1.807) is 20.3 Å². The van der Waals surface area contributed by atoms with Crippen molar-refractivity contribution in [3.63, 3.8) is 0 Å². The number of carbonyl (C=O) groups excluding carboxylic acids is 1. The molecule has 0 bridgehead atoms. The number of amides is 1. The smallest absolute Gasteiger partial charge is 0.255 e. The van der Waals surface area contributed by atoms with Gasteiger partial charge in [0.25, 0.3) is 5.91 Å². The van der Waals surface area contributed by atoms with E-state index < -0.39 is 6.04 Å². The average Bonchev–Trinajstić information content (AvgIpc) is 2.67. The zero-order valence-electron chi connectivity index (χ0n) is 15.3. The van der Waals surface area contributed by atoms with Crippen molar-refractivity contribution in [2.75, 3.05) is 19.5 Å². The predicted molar refractivity (Wildman–Crippen MR) is 109 cm³/mol. The summed E-state index contributed by atoms with van der Waals surface area (Å²) in [6.07, 6.45) is 0. The van der Waals surface area contributed by atoms with E-state index in [1.165, 1.54) is 0 Å².